The van der Waals surface area contributed by atoms with Crippen molar-refractivity contribution in [2.45, 2.75) is 53.9 Å². The van der Waals surface area contributed by atoms with Crippen LogP contribution in [0.1, 0.15) is 51.2 Å². The van der Waals surface area contributed by atoms with Crippen molar-refractivity contribution >= 4 is 17.5 Å². The van der Waals surface area contributed by atoms with Crippen LogP contribution in [-0.4, -0.2) is 42.9 Å². The highest BCUT2D eigenvalue weighted by molar-refractivity contribution is 5.87. The van der Waals surface area contributed by atoms with E-state index in [1.807, 2.05) is 11.8 Å². The van der Waals surface area contributed by atoms with E-state index in [1.54, 1.807) is 0 Å². The summed E-state index contributed by atoms with van der Waals surface area (Å²) < 4.78 is 0. The first-order chi connectivity index (χ1) is 13.2. The van der Waals surface area contributed by atoms with Crippen LogP contribution in [0.2, 0.25) is 0 Å². The molecule has 28 heavy (non-hydrogen) atoms. The molecule has 0 saturated carbocycles. The van der Waals surface area contributed by atoms with E-state index in [2.05, 4.69) is 50.8 Å². The van der Waals surface area contributed by atoms with Gasteiger partial charge in [0.1, 0.15) is 0 Å². The molecule has 1 fully saturated rings. The van der Waals surface area contributed by atoms with Crippen LogP contribution >= 0.6 is 0 Å². The Balaban J connectivity index is 2.07. The van der Waals surface area contributed by atoms with E-state index >= 15 is 0 Å². The average molecular weight is 388 g/mol. The molecule has 5 nitrogen and oxygen atoms in total. The number of carbonyl (C=O) groups is 2. The molecule has 2 N–H and O–H groups in total. The molecule has 0 radical (unpaired) electrons. The van der Waals surface area contributed by atoms with E-state index in [1.165, 1.54) is 16.8 Å². The van der Waals surface area contributed by atoms with Crippen LogP contribution in [0.15, 0.2) is 18.2 Å². The van der Waals surface area contributed by atoms with Crippen molar-refractivity contribution in [2.75, 3.05) is 31.1 Å². The zero-order valence-corrected chi connectivity index (χ0v) is 18.2. The second-order valence-electron chi connectivity index (χ2n) is 8.61. The molecule has 1 heterocycles. The lowest BCUT2D eigenvalue weighted by atomic mass is 9.81. The van der Waals surface area contributed by atoms with Gasteiger partial charge in [0.25, 0.3) is 0 Å². The summed E-state index contributed by atoms with van der Waals surface area (Å²) in [4.78, 5) is 29.6. The Kier molecular flexibility index (Phi) is 7.90. The van der Waals surface area contributed by atoms with Crippen molar-refractivity contribution < 1.29 is 9.59 Å². The first-order valence-electron chi connectivity index (χ1n) is 10.6. The number of hydrogen-bond donors (Lipinski definition) is 1. The maximum atomic E-state index is 13.3. The molecule has 0 bridgehead atoms. The molecule has 1 aromatic rings. The fraction of sp³-hybridized carbons (Fsp3) is 0.652. The number of benzene rings is 1. The lowest BCUT2D eigenvalue weighted by Crippen LogP contribution is -2.52. The highest BCUT2D eigenvalue weighted by atomic mass is 16.2. The van der Waals surface area contributed by atoms with Gasteiger partial charge >= 0.3 is 0 Å². The third-order valence-electron chi connectivity index (χ3n) is 5.94. The summed E-state index contributed by atoms with van der Waals surface area (Å²) in [7, 11) is 0. The molecule has 2 amide bonds. The molecule has 5 heteroatoms. The Morgan fingerprint density at radius 2 is 1.68 bits per heavy atom. The number of piperazine rings is 1. The summed E-state index contributed by atoms with van der Waals surface area (Å²) in [6, 6.07) is 6.54. The maximum Gasteiger partial charge on any atom is 0.226 e. The minimum absolute atomic E-state index is 0.102. The summed E-state index contributed by atoms with van der Waals surface area (Å²) in [5, 5.41) is 0. The standard InChI is InChI=1S/C23H37N3O2/c1-6-7-20(22(24)27)21(14-16(2)3)23(28)26-12-10-25(11-13-26)19-9-8-17(4)18(5)15-19/h8-9,15-16,20-21H,6-7,10-14H2,1-5H3,(H2,24,27)/t20-,21+/m0/s1. The third-order valence-corrected chi connectivity index (χ3v) is 5.94. The number of rotatable bonds is 8. The van der Waals surface area contributed by atoms with E-state index in [0.29, 0.717) is 31.8 Å². The molecule has 0 unspecified atom stereocenters. The fourth-order valence-corrected chi connectivity index (χ4v) is 4.14. The van der Waals surface area contributed by atoms with Gasteiger partial charge in [-0.1, -0.05) is 33.3 Å². The molecule has 1 aliphatic rings. The molecule has 2 atom stereocenters. The molecule has 0 aromatic heterocycles. The van der Waals surface area contributed by atoms with Crippen molar-refractivity contribution in [3.05, 3.63) is 29.3 Å². The van der Waals surface area contributed by atoms with Crippen molar-refractivity contribution in [3.8, 4) is 0 Å². The molecule has 0 aliphatic carbocycles. The first-order valence-corrected chi connectivity index (χ1v) is 10.6. The van der Waals surface area contributed by atoms with E-state index in [0.717, 1.165) is 19.5 Å². The van der Waals surface area contributed by atoms with Crippen molar-refractivity contribution in [1.82, 2.24) is 4.90 Å². The minimum Gasteiger partial charge on any atom is -0.369 e. The number of primary amides is 1. The summed E-state index contributed by atoms with van der Waals surface area (Å²) in [6.45, 7) is 13.5. The summed E-state index contributed by atoms with van der Waals surface area (Å²) in [5.74, 6) is -0.548. The molecule has 2 rings (SSSR count). The topological polar surface area (TPSA) is 66.6 Å². The normalized spacial score (nSPS) is 16.9. The Hall–Kier alpha value is -2.04. The van der Waals surface area contributed by atoms with Gasteiger partial charge in [-0.2, -0.15) is 0 Å². The Morgan fingerprint density at radius 1 is 1.04 bits per heavy atom. The van der Waals surface area contributed by atoms with Gasteiger partial charge in [-0.3, -0.25) is 9.59 Å². The maximum absolute atomic E-state index is 13.3. The molecule has 1 aromatic carbocycles. The van der Waals surface area contributed by atoms with Gasteiger partial charge in [-0.25, -0.2) is 0 Å². The number of hydrogen-bond acceptors (Lipinski definition) is 3. The lowest BCUT2D eigenvalue weighted by Gasteiger charge is -2.39. The van der Waals surface area contributed by atoms with E-state index in [4.69, 9.17) is 5.73 Å². The summed E-state index contributed by atoms with van der Waals surface area (Å²) >= 11 is 0. The molecule has 0 spiro atoms. The van der Waals surface area contributed by atoms with Crippen LogP contribution in [0.4, 0.5) is 5.69 Å². The molecule has 1 saturated heterocycles. The largest absolute Gasteiger partial charge is 0.369 e. The molecule has 1 aliphatic heterocycles. The number of anilines is 1. The minimum atomic E-state index is -0.363. The van der Waals surface area contributed by atoms with Crippen molar-refractivity contribution in [3.63, 3.8) is 0 Å². The highest BCUT2D eigenvalue weighted by Crippen LogP contribution is 2.28. The predicted octanol–water partition coefficient (Wildman–Crippen LogP) is 3.52. The zero-order valence-electron chi connectivity index (χ0n) is 18.2. The Bertz CT molecular complexity index is 678. The number of carbonyl (C=O) groups excluding carboxylic acids is 2. The van der Waals surface area contributed by atoms with E-state index < -0.39 is 0 Å². The lowest BCUT2D eigenvalue weighted by molar-refractivity contribution is -0.142. The SMILES string of the molecule is CCC[C@H](C(N)=O)[C@@H](CC(C)C)C(=O)N1CCN(c2ccc(C)c(C)c2)CC1. The van der Waals surface area contributed by atoms with Gasteiger partial charge in [0, 0.05) is 43.7 Å². The third kappa shape index (κ3) is 5.49. The molecular weight excluding hydrogens is 350 g/mol. The second-order valence-corrected chi connectivity index (χ2v) is 8.61. The van der Waals surface area contributed by atoms with E-state index in [-0.39, 0.29) is 23.7 Å². The second kappa shape index (κ2) is 9.94. The van der Waals surface area contributed by atoms with Gasteiger partial charge in [0.15, 0.2) is 0 Å². The molecular formula is C23H37N3O2. The number of nitrogens with zero attached hydrogens (tertiary/aromatic N) is 2. The van der Waals surface area contributed by atoms with Crippen LogP contribution in [0.3, 0.4) is 0 Å². The highest BCUT2D eigenvalue weighted by Gasteiger charge is 2.36. The van der Waals surface area contributed by atoms with Gasteiger partial charge in [-0.05, 0) is 55.9 Å². The van der Waals surface area contributed by atoms with Gasteiger partial charge < -0.3 is 15.5 Å². The number of nitrogens with two attached hydrogens (primary N) is 1. The Morgan fingerprint density at radius 3 is 2.18 bits per heavy atom. The van der Waals surface area contributed by atoms with Crippen LogP contribution in [0.25, 0.3) is 0 Å². The van der Waals surface area contributed by atoms with Gasteiger partial charge in [0.05, 0.1) is 0 Å². The van der Waals surface area contributed by atoms with Crippen LogP contribution in [0.5, 0.6) is 0 Å². The first kappa shape index (κ1) is 22.3. The van der Waals surface area contributed by atoms with Gasteiger partial charge in [0.2, 0.25) is 11.8 Å². The Labute approximate surface area is 170 Å². The summed E-state index contributed by atoms with van der Waals surface area (Å²) in [6.07, 6.45) is 2.25. The molecule has 156 valence electrons. The number of aryl methyl sites for hydroxylation is 2. The van der Waals surface area contributed by atoms with Gasteiger partial charge in [-0.15, -0.1) is 0 Å². The quantitative estimate of drug-likeness (QED) is 0.742. The van der Waals surface area contributed by atoms with Crippen molar-refractivity contribution in [1.29, 1.82) is 0 Å². The fourth-order valence-electron chi connectivity index (χ4n) is 4.14. The predicted molar refractivity (Wildman–Crippen MR) is 115 cm³/mol. The smallest absolute Gasteiger partial charge is 0.226 e. The average Bonchev–Trinajstić information content (AvgIpc) is 2.66. The number of amides is 2. The zero-order chi connectivity index (χ0) is 20.8. The van der Waals surface area contributed by atoms with Crippen LogP contribution < -0.4 is 10.6 Å². The van der Waals surface area contributed by atoms with E-state index in [9.17, 15) is 9.59 Å². The monoisotopic (exact) mass is 387 g/mol. The summed E-state index contributed by atoms with van der Waals surface area (Å²) in [5.41, 5.74) is 9.47. The van der Waals surface area contributed by atoms with Crippen molar-refractivity contribution in [2.24, 2.45) is 23.5 Å². The van der Waals surface area contributed by atoms with Crippen LogP contribution in [0, 0.1) is 31.6 Å². The van der Waals surface area contributed by atoms with Crippen LogP contribution in [-0.2, 0) is 9.59 Å².